The maximum Gasteiger partial charge on any atom is 0.248 e. The lowest BCUT2D eigenvalue weighted by atomic mass is 9.92. The van der Waals surface area contributed by atoms with Gasteiger partial charge in [0, 0.05) is 55.5 Å². The van der Waals surface area contributed by atoms with Crippen LogP contribution in [0.3, 0.4) is 0 Å². The van der Waals surface area contributed by atoms with Crippen LogP contribution in [-0.4, -0.2) is 46.1 Å². The summed E-state index contributed by atoms with van der Waals surface area (Å²) in [5, 5.41) is 11.9. The Morgan fingerprint density at radius 3 is 2.71 bits per heavy atom. The predicted molar refractivity (Wildman–Crippen MR) is 135 cm³/mol. The van der Waals surface area contributed by atoms with Crippen LogP contribution in [0, 0.1) is 0 Å². The molecule has 2 aliphatic rings. The molecule has 0 bridgehead atoms. The maximum atomic E-state index is 13.7. The second-order valence-electron chi connectivity index (χ2n) is 8.74. The minimum atomic E-state index is -2.58. The summed E-state index contributed by atoms with van der Waals surface area (Å²) in [6.45, 7) is 6.63. The fourth-order valence-corrected chi connectivity index (χ4v) is 4.17. The second kappa shape index (κ2) is 10.3. The molecule has 2 heterocycles. The van der Waals surface area contributed by atoms with E-state index in [9.17, 15) is 8.78 Å². The van der Waals surface area contributed by atoms with Gasteiger partial charge in [0.25, 0.3) is 0 Å². The number of hydrogen-bond acceptors (Lipinski definition) is 6. The Bertz CT molecular complexity index is 1160. The molecular formula is C26H30F2N6. The first kappa shape index (κ1) is 23.9. The smallest absolute Gasteiger partial charge is 0.248 e. The summed E-state index contributed by atoms with van der Waals surface area (Å²) in [4.78, 5) is 13.8. The van der Waals surface area contributed by atoms with Crippen molar-refractivity contribution in [2.24, 2.45) is 15.2 Å². The molecule has 0 spiro atoms. The van der Waals surface area contributed by atoms with Crippen molar-refractivity contribution in [1.29, 1.82) is 0 Å². The van der Waals surface area contributed by atoms with E-state index in [0.29, 0.717) is 30.9 Å². The van der Waals surface area contributed by atoms with Crippen LogP contribution in [0.5, 0.6) is 0 Å². The largest absolute Gasteiger partial charge is 0.367 e. The highest BCUT2D eigenvalue weighted by Gasteiger charge is 2.35. The molecule has 1 aromatic heterocycles. The molecule has 1 fully saturated rings. The first-order valence-electron chi connectivity index (χ1n) is 11.8. The van der Waals surface area contributed by atoms with Crippen molar-refractivity contribution in [2.75, 3.05) is 11.9 Å². The van der Waals surface area contributed by atoms with Gasteiger partial charge in [-0.25, -0.2) is 18.7 Å². The summed E-state index contributed by atoms with van der Waals surface area (Å²) in [5.41, 5.74) is 5.39. The molecule has 0 amide bonds. The Morgan fingerprint density at radius 2 is 2.03 bits per heavy atom. The molecule has 1 aliphatic heterocycles. The minimum absolute atomic E-state index is 0.0728. The maximum absolute atomic E-state index is 13.7. The molecule has 0 saturated heterocycles. The van der Waals surface area contributed by atoms with Crippen LogP contribution >= 0.6 is 0 Å². The number of alkyl halides is 2. The number of nitrogens with zero attached hydrogens (tertiary/aromatic N) is 5. The van der Waals surface area contributed by atoms with Crippen molar-refractivity contribution >= 4 is 29.0 Å². The zero-order chi connectivity index (χ0) is 24.1. The van der Waals surface area contributed by atoms with Gasteiger partial charge in [-0.15, -0.1) is 0 Å². The predicted octanol–water partition coefficient (Wildman–Crippen LogP) is 6.20. The van der Waals surface area contributed by atoms with Gasteiger partial charge in [-0.3, -0.25) is 4.99 Å². The lowest BCUT2D eigenvalue weighted by molar-refractivity contribution is -0.0361. The first-order chi connectivity index (χ1) is 16.4. The molecule has 1 N–H and O–H groups in total. The molecule has 8 heteroatoms. The van der Waals surface area contributed by atoms with E-state index >= 15 is 0 Å². The Balaban J connectivity index is 1.66. The first-order valence-corrected chi connectivity index (χ1v) is 11.8. The van der Waals surface area contributed by atoms with Crippen molar-refractivity contribution in [3.05, 3.63) is 47.7 Å². The number of anilines is 1. The second-order valence-corrected chi connectivity index (χ2v) is 8.74. The number of benzene rings is 1. The van der Waals surface area contributed by atoms with Gasteiger partial charge in [-0.1, -0.05) is 24.3 Å². The molecule has 178 valence electrons. The van der Waals surface area contributed by atoms with E-state index in [-0.39, 0.29) is 18.9 Å². The number of rotatable bonds is 7. The van der Waals surface area contributed by atoms with E-state index in [1.165, 1.54) is 0 Å². The van der Waals surface area contributed by atoms with E-state index in [2.05, 4.69) is 25.5 Å². The molecule has 4 rings (SSSR count). The Kier molecular flexibility index (Phi) is 7.24. The SMILES string of the molecule is C/C=C(\C=N/CC)c1cccc(-c2ncc(C3=NN=C(C)C3)c(NC3CCC(F)(F)CC3)n2)c1. The van der Waals surface area contributed by atoms with E-state index in [4.69, 9.17) is 4.98 Å². The third kappa shape index (κ3) is 5.61. The third-order valence-corrected chi connectivity index (χ3v) is 6.10. The molecule has 6 nitrogen and oxygen atoms in total. The van der Waals surface area contributed by atoms with Crippen LogP contribution in [0.1, 0.15) is 64.0 Å². The molecule has 2 aromatic rings. The number of aromatic nitrogens is 2. The van der Waals surface area contributed by atoms with Gasteiger partial charge in [0.1, 0.15) is 5.82 Å². The molecular weight excluding hydrogens is 434 g/mol. The highest BCUT2D eigenvalue weighted by molar-refractivity contribution is 6.16. The minimum Gasteiger partial charge on any atom is -0.367 e. The van der Waals surface area contributed by atoms with Gasteiger partial charge in [0.2, 0.25) is 5.92 Å². The molecule has 0 atom stereocenters. The van der Waals surface area contributed by atoms with E-state index < -0.39 is 5.92 Å². The summed E-state index contributed by atoms with van der Waals surface area (Å²) in [6, 6.07) is 7.94. The fraction of sp³-hybridized carbons (Fsp3) is 0.423. The van der Waals surface area contributed by atoms with Crippen LogP contribution in [0.4, 0.5) is 14.6 Å². The number of allylic oxidation sites excluding steroid dienone is 2. The van der Waals surface area contributed by atoms with Gasteiger partial charge < -0.3 is 5.32 Å². The monoisotopic (exact) mass is 464 g/mol. The zero-order valence-electron chi connectivity index (χ0n) is 19.9. The topological polar surface area (TPSA) is 74.9 Å². The molecule has 1 saturated carbocycles. The summed E-state index contributed by atoms with van der Waals surface area (Å²) in [6.07, 6.45) is 6.83. The molecule has 34 heavy (non-hydrogen) atoms. The van der Waals surface area contributed by atoms with Gasteiger partial charge >= 0.3 is 0 Å². The molecule has 1 aromatic carbocycles. The summed E-state index contributed by atoms with van der Waals surface area (Å²) in [5.74, 6) is -1.40. The van der Waals surface area contributed by atoms with Crippen LogP contribution in [-0.2, 0) is 0 Å². The lowest BCUT2D eigenvalue weighted by Crippen LogP contribution is -2.32. The average Bonchev–Trinajstić information content (AvgIpc) is 3.27. The molecule has 1 aliphatic carbocycles. The van der Waals surface area contributed by atoms with Crippen molar-refractivity contribution in [3.63, 3.8) is 0 Å². The van der Waals surface area contributed by atoms with E-state index in [1.54, 1.807) is 6.20 Å². The van der Waals surface area contributed by atoms with Crippen molar-refractivity contribution in [3.8, 4) is 11.4 Å². The average molecular weight is 465 g/mol. The normalized spacial score (nSPS) is 18.8. The highest BCUT2D eigenvalue weighted by atomic mass is 19.3. The van der Waals surface area contributed by atoms with Crippen LogP contribution in [0.25, 0.3) is 17.0 Å². The lowest BCUT2D eigenvalue weighted by Gasteiger charge is -2.29. The van der Waals surface area contributed by atoms with Crippen LogP contribution in [0.15, 0.2) is 51.7 Å². The Morgan fingerprint density at radius 1 is 1.24 bits per heavy atom. The Hall–Kier alpha value is -3.29. The van der Waals surface area contributed by atoms with E-state index in [1.807, 2.05) is 57.3 Å². The highest BCUT2D eigenvalue weighted by Crippen LogP contribution is 2.35. The standard InChI is InChI=1S/C26H30F2N6/c1-4-18(15-29-5-2)19-7-6-8-20(14-19)24-30-16-22(23-13-17(3)33-34-23)25(32-24)31-21-9-11-26(27,28)12-10-21/h4,6-8,14-16,21H,5,9-13H2,1-3H3,(H,30,31,32)/b18-4+,29-15-. The number of nitrogens with one attached hydrogen (secondary N) is 1. The fourth-order valence-electron chi connectivity index (χ4n) is 4.17. The van der Waals surface area contributed by atoms with Crippen molar-refractivity contribution in [1.82, 2.24) is 9.97 Å². The number of halogens is 2. The molecule has 0 radical (unpaired) electrons. The third-order valence-electron chi connectivity index (χ3n) is 6.10. The van der Waals surface area contributed by atoms with Crippen molar-refractivity contribution in [2.45, 2.75) is 64.8 Å². The number of aliphatic imine (C=N–C) groups is 1. The van der Waals surface area contributed by atoms with Gasteiger partial charge in [-0.05, 0) is 50.8 Å². The van der Waals surface area contributed by atoms with E-state index in [0.717, 1.165) is 40.2 Å². The van der Waals surface area contributed by atoms with Gasteiger partial charge in [-0.2, -0.15) is 10.2 Å². The Labute approximate surface area is 199 Å². The van der Waals surface area contributed by atoms with Crippen LogP contribution in [0.2, 0.25) is 0 Å². The van der Waals surface area contributed by atoms with Gasteiger partial charge in [0.05, 0.1) is 11.3 Å². The molecule has 0 unspecified atom stereocenters. The van der Waals surface area contributed by atoms with Gasteiger partial charge in [0.15, 0.2) is 5.82 Å². The summed E-state index contributed by atoms with van der Waals surface area (Å²) < 4.78 is 27.4. The summed E-state index contributed by atoms with van der Waals surface area (Å²) >= 11 is 0. The van der Waals surface area contributed by atoms with Crippen LogP contribution < -0.4 is 5.32 Å². The summed E-state index contributed by atoms with van der Waals surface area (Å²) in [7, 11) is 0. The van der Waals surface area contributed by atoms with Crippen molar-refractivity contribution < 1.29 is 8.78 Å². The number of hydrogen-bond donors (Lipinski definition) is 1. The quantitative estimate of drug-likeness (QED) is 0.496. The zero-order valence-corrected chi connectivity index (χ0v) is 19.9.